The summed E-state index contributed by atoms with van der Waals surface area (Å²) in [5, 5.41) is 3.83. The van der Waals surface area contributed by atoms with Crippen LogP contribution in [0, 0.1) is 19.8 Å². The van der Waals surface area contributed by atoms with Gasteiger partial charge in [0.05, 0.1) is 16.6 Å². The number of nitrogens with zero attached hydrogens (tertiary/aromatic N) is 1. The van der Waals surface area contributed by atoms with Crippen LogP contribution in [0.5, 0.6) is 0 Å². The number of anilines is 2. The van der Waals surface area contributed by atoms with Gasteiger partial charge in [0.1, 0.15) is 0 Å². The van der Waals surface area contributed by atoms with E-state index in [1.165, 1.54) is 4.90 Å². The summed E-state index contributed by atoms with van der Waals surface area (Å²) in [7, 11) is 0. The van der Waals surface area contributed by atoms with Gasteiger partial charge in [0, 0.05) is 23.7 Å². The normalized spacial score (nSPS) is 17.0. The van der Waals surface area contributed by atoms with Crippen LogP contribution in [0.25, 0.3) is 0 Å². The summed E-state index contributed by atoms with van der Waals surface area (Å²) in [4.78, 5) is 26.4. The van der Waals surface area contributed by atoms with Crippen LogP contribution in [0.2, 0.25) is 10.0 Å². The number of nitrogens with one attached hydrogen (secondary N) is 1. The van der Waals surface area contributed by atoms with Crippen molar-refractivity contribution in [1.82, 2.24) is 0 Å². The van der Waals surface area contributed by atoms with Gasteiger partial charge in [-0.2, -0.15) is 0 Å². The van der Waals surface area contributed by atoms with Gasteiger partial charge in [-0.3, -0.25) is 9.59 Å². The fraction of sp³-hybridized carbons (Fsp3) is 0.263. The molecule has 3 rings (SSSR count). The SMILES string of the molecule is Cc1ccc(NC(=O)[C@@H]2CC(=O)N(c3cc(Cl)ccc3Cl)C2)cc1C. The lowest BCUT2D eigenvalue weighted by Crippen LogP contribution is -2.28. The molecule has 1 heterocycles. The van der Waals surface area contributed by atoms with E-state index in [0.29, 0.717) is 15.7 Å². The summed E-state index contributed by atoms with van der Waals surface area (Å²) in [6.45, 7) is 4.30. The van der Waals surface area contributed by atoms with Crippen LogP contribution >= 0.6 is 23.2 Å². The van der Waals surface area contributed by atoms with Crippen LogP contribution in [0.1, 0.15) is 17.5 Å². The maximum Gasteiger partial charge on any atom is 0.229 e. The first-order chi connectivity index (χ1) is 11.8. The number of amides is 2. The predicted molar refractivity (Wildman–Crippen MR) is 101 cm³/mol. The van der Waals surface area contributed by atoms with E-state index < -0.39 is 5.92 Å². The third-order valence-corrected chi connectivity index (χ3v) is 5.02. The van der Waals surface area contributed by atoms with E-state index in [9.17, 15) is 9.59 Å². The van der Waals surface area contributed by atoms with Crippen molar-refractivity contribution in [2.45, 2.75) is 20.3 Å². The van der Waals surface area contributed by atoms with Crippen LogP contribution in [0.4, 0.5) is 11.4 Å². The molecule has 6 heteroatoms. The Labute approximate surface area is 156 Å². The molecule has 4 nitrogen and oxygen atoms in total. The molecule has 1 atom stereocenters. The lowest BCUT2D eigenvalue weighted by molar-refractivity contribution is -0.122. The highest BCUT2D eigenvalue weighted by molar-refractivity contribution is 6.36. The van der Waals surface area contributed by atoms with Gasteiger partial charge in [-0.05, 0) is 55.3 Å². The van der Waals surface area contributed by atoms with E-state index in [1.54, 1.807) is 18.2 Å². The summed E-state index contributed by atoms with van der Waals surface area (Å²) < 4.78 is 0. The first-order valence-corrected chi connectivity index (χ1v) is 8.74. The second-order valence-electron chi connectivity index (χ2n) is 6.29. The average Bonchev–Trinajstić information content (AvgIpc) is 2.95. The fourth-order valence-electron chi connectivity index (χ4n) is 2.87. The zero-order chi connectivity index (χ0) is 18.1. The lowest BCUT2D eigenvalue weighted by atomic mass is 10.1. The smallest absolute Gasteiger partial charge is 0.229 e. The van der Waals surface area contributed by atoms with Gasteiger partial charge in [-0.25, -0.2) is 0 Å². The van der Waals surface area contributed by atoms with Gasteiger partial charge in [0.25, 0.3) is 0 Å². The summed E-state index contributed by atoms with van der Waals surface area (Å²) >= 11 is 12.2. The standard InChI is InChI=1S/C19H18Cl2N2O2/c1-11-3-5-15(7-12(11)2)22-19(25)13-8-18(24)23(10-13)17-9-14(20)4-6-16(17)21/h3-7,9,13H,8,10H2,1-2H3,(H,22,25)/t13-/m1/s1. The second kappa shape index (κ2) is 7.06. The Morgan fingerprint density at radius 2 is 1.88 bits per heavy atom. The Morgan fingerprint density at radius 1 is 1.12 bits per heavy atom. The van der Waals surface area contributed by atoms with Crippen LogP contribution < -0.4 is 10.2 Å². The van der Waals surface area contributed by atoms with E-state index in [2.05, 4.69) is 5.32 Å². The predicted octanol–water partition coefficient (Wildman–Crippen LogP) is 4.60. The molecule has 0 unspecified atom stereocenters. The number of rotatable bonds is 3. The van der Waals surface area contributed by atoms with Gasteiger partial charge in [0.15, 0.2) is 0 Å². The van der Waals surface area contributed by atoms with Crippen molar-refractivity contribution in [3.05, 3.63) is 57.6 Å². The molecule has 130 valence electrons. The van der Waals surface area contributed by atoms with Crippen molar-refractivity contribution >= 4 is 46.4 Å². The van der Waals surface area contributed by atoms with Gasteiger partial charge < -0.3 is 10.2 Å². The number of hydrogen-bond acceptors (Lipinski definition) is 2. The maximum absolute atomic E-state index is 12.5. The topological polar surface area (TPSA) is 49.4 Å². The summed E-state index contributed by atoms with van der Waals surface area (Å²) in [6, 6.07) is 10.7. The number of benzene rings is 2. The number of halogens is 2. The molecule has 0 radical (unpaired) electrons. The maximum atomic E-state index is 12.5. The van der Waals surface area contributed by atoms with Gasteiger partial charge in [-0.1, -0.05) is 29.3 Å². The Morgan fingerprint density at radius 3 is 2.60 bits per heavy atom. The minimum Gasteiger partial charge on any atom is -0.326 e. The summed E-state index contributed by atoms with van der Waals surface area (Å²) in [5.41, 5.74) is 3.55. The Balaban J connectivity index is 1.74. The Bertz CT molecular complexity index is 851. The highest BCUT2D eigenvalue weighted by Gasteiger charge is 2.36. The van der Waals surface area contributed by atoms with E-state index in [1.807, 2.05) is 32.0 Å². The van der Waals surface area contributed by atoms with Crippen molar-refractivity contribution in [1.29, 1.82) is 0 Å². The molecule has 0 aromatic heterocycles. The fourth-order valence-corrected chi connectivity index (χ4v) is 3.26. The van der Waals surface area contributed by atoms with Gasteiger partial charge >= 0.3 is 0 Å². The molecule has 1 N–H and O–H groups in total. The molecule has 2 amide bonds. The Hall–Kier alpha value is -2.04. The molecule has 0 aliphatic carbocycles. The number of hydrogen-bond donors (Lipinski definition) is 1. The molecule has 2 aromatic carbocycles. The first kappa shape index (κ1) is 17.8. The molecule has 25 heavy (non-hydrogen) atoms. The van der Waals surface area contributed by atoms with E-state index >= 15 is 0 Å². The highest BCUT2D eigenvalue weighted by atomic mass is 35.5. The van der Waals surface area contributed by atoms with Crippen molar-refractivity contribution < 1.29 is 9.59 Å². The van der Waals surface area contributed by atoms with Crippen LogP contribution in [0.15, 0.2) is 36.4 Å². The van der Waals surface area contributed by atoms with E-state index in [0.717, 1.165) is 16.8 Å². The monoisotopic (exact) mass is 376 g/mol. The molecule has 0 spiro atoms. The molecule has 2 aromatic rings. The quantitative estimate of drug-likeness (QED) is 0.850. The highest BCUT2D eigenvalue weighted by Crippen LogP contribution is 2.33. The van der Waals surface area contributed by atoms with Crippen LogP contribution in [0.3, 0.4) is 0 Å². The lowest BCUT2D eigenvalue weighted by Gasteiger charge is -2.18. The second-order valence-corrected chi connectivity index (χ2v) is 7.13. The Kier molecular flexibility index (Phi) is 5.02. The molecule has 1 saturated heterocycles. The van der Waals surface area contributed by atoms with Crippen molar-refractivity contribution in [2.75, 3.05) is 16.8 Å². The molecular formula is C19H18Cl2N2O2. The minimum atomic E-state index is -0.427. The number of carbonyl (C=O) groups excluding carboxylic acids is 2. The van der Waals surface area contributed by atoms with Crippen LogP contribution in [-0.4, -0.2) is 18.4 Å². The van der Waals surface area contributed by atoms with E-state index in [4.69, 9.17) is 23.2 Å². The molecule has 1 aliphatic heterocycles. The molecule has 0 bridgehead atoms. The molecular weight excluding hydrogens is 359 g/mol. The van der Waals surface area contributed by atoms with Gasteiger partial charge in [0.2, 0.25) is 11.8 Å². The van der Waals surface area contributed by atoms with Gasteiger partial charge in [-0.15, -0.1) is 0 Å². The zero-order valence-corrected chi connectivity index (χ0v) is 15.5. The van der Waals surface area contributed by atoms with Crippen LogP contribution in [-0.2, 0) is 9.59 Å². The minimum absolute atomic E-state index is 0.135. The van der Waals surface area contributed by atoms with Crippen molar-refractivity contribution in [3.8, 4) is 0 Å². The average molecular weight is 377 g/mol. The van der Waals surface area contributed by atoms with E-state index in [-0.39, 0.29) is 24.8 Å². The molecule has 0 saturated carbocycles. The third kappa shape index (κ3) is 3.80. The first-order valence-electron chi connectivity index (χ1n) is 7.98. The number of aryl methyl sites for hydroxylation is 2. The summed E-state index contributed by atoms with van der Waals surface area (Å²) in [6.07, 6.45) is 0.152. The number of carbonyl (C=O) groups is 2. The van der Waals surface area contributed by atoms with Crippen molar-refractivity contribution in [3.63, 3.8) is 0 Å². The molecule has 1 aliphatic rings. The zero-order valence-electron chi connectivity index (χ0n) is 14.0. The van der Waals surface area contributed by atoms with Crippen molar-refractivity contribution in [2.24, 2.45) is 5.92 Å². The largest absolute Gasteiger partial charge is 0.326 e. The molecule has 1 fully saturated rings. The summed E-state index contributed by atoms with van der Waals surface area (Å²) in [5.74, 6) is -0.731. The third-order valence-electron chi connectivity index (χ3n) is 4.47.